The van der Waals surface area contributed by atoms with Gasteiger partial charge < -0.3 is 21.1 Å². The highest BCUT2D eigenvalue weighted by molar-refractivity contribution is 5.77. The highest BCUT2D eigenvalue weighted by Crippen LogP contribution is 2.22. The SMILES string of the molecule is C/C=C(\C/C=C\Cc1cc(CCCN2CCOCC2)n2ncnc(N)c12)NC(=O)N/C(C)=C(/C)F. The number of anilines is 1. The normalized spacial score (nSPS) is 16.1. The van der Waals surface area contributed by atoms with Crippen molar-refractivity contribution >= 4 is 17.4 Å². The molecule has 0 saturated carbocycles. The molecule has 0 radical (unpaired) electrons. The van der Waals surface area contributed by atoms with Crippen LogP contribution in [0, 0.1) is 0 Å². The minimum absolute atomic E-state index is 0.189. The van der Waals surface area contributed by atoms with Gasteiger partial charge in [-0.15, -0.1) is 0 Å². The lowest BCUT2D eigenvalue weighted by molar-refractivity contribution is 0.0374. The van der Waals surface area contributed by atoms with E-state index in [1.807, 2.05) is 29.7 Å². The van der Waals surface area contributed by atoms with E-state index in [4.69, 9.17) is 10.5 Å². The number of fused-ring (bicyclic) bond motifs is 1. The second-order valence-corrected chi connectivity index (χ2v) is 8.56. The van der Waals surface area contributed by atoms with Crippen LogP contribution in [0.15, 0.2) is 47.8 Å². The van der Waals surface area contributed by atoms with E-state index in [1.165, 1.54) is 20.2 Å². The Bertz CT molecular complexity index is 1100. The highest BCUT2D eigenvalue weighted by Gasteiger charge is 2.14. The molecule has 190 valence electrons. The molecular formula is C25H36FN7O2. The number of halogens is 1. The molecule has 0 aromatic carbocycles. The number of rotatable bonds is 10. The van der Waals surface area contributed by atoms with Gasteiger partial charge in [0.15, 0.2) is 5.82 Å². The molecule has 0 spiro atoms. The molecule has 1 aliphatic heterocycles. The molecule has 0 bridgehead atoms. The monoisotopic (exact) mass is 485 g/mol. The van der Waals surface area contributed by atoms with Crippen LogP contribution >= 0.6 is 0 Å². The third kappa shape index (κ3) is 7.63. The van der Waals surface area contributed by atoms with Crippen molar-refractivity contribution in [3.8, 4) is 0 Å². The van der Waals surface area contributed by atoms with E-state index in [0.717, 1.165) is 68.2 Å². The van der Waals surface area contributed by atoms with Gasteiger partial charge in [-0.05, 0) is 58.2 Å². The summed E-state index contributed by atoms with van der Waals surface area (Å²) in [5.41, 5.74) is 10.1. The van der Waals surface area contributed by atoms with Crippen LogP contribution in [0.25, 0.3) is 5.52 Å². The molecule has 10 heteroatoms. The van der Waals surface area contributed by atoms with Crippen molar-refractivity contribution in [2.45, 2.75) is 46.5 Å². The van der Waals surface area contributed by atoms with Crippen LogP contribution in [0.4, 0.5) is 15.0 Å². The largest absolute Gasteiger partial charge is 0.382 e. The van der Waals surface area contributed by atoms with Crippen molar-refractivity contribution in [2.75, 3.05) is 38.6 Å². The van der Waals surface area contributed by atoms with Gasteiger partial charge in [-0.3, -0.25) is 4.90 Å². The second-order valence-electron chi connectivity index (χ2n) is 8.56. The first-order valence-corrected chi connectivity index (χ1v) is 12.0. The smallest absolute Gasteiger partial charge is 0.323 e. The molecule has 1 aliphatic rings. The predicted molar refractivity (Wildman–Crippen MR) is 135 cm³/mol. The summed E-state index contributed by atoms with van der Waals surface area (Å²) in [6.07, 6.45) is 10.5. The summed E-state index contributed by atoms with van der Waals surface area (Å²) in [7, 11) is 0. The number of carbonyl (C=O) groups excluding carboxylic acids is 1. The number of nitrogens with one attached hydrogen (secondary N) is 2. The summed E-state index contributed by atoms with van der Waals surface area (Å²) >= 11 is 0. The van der Waals surface area contributed by atoms with Gasteiger partial charge >= 0.3 is 6.03 Å². The van der Waals surface area contributed by atoms with Gasteiger partial charge in [0.05, 0.1) is 13.2 Å². The molecule has 3 rings (SSSR count). The summed E-state index contributed by atoms with van der Waals surface area (Å²) in [5, 5.41) is 9.66. The number of carbonyl (C=O) groups is 1. The fourth-order valence-electron chi connectivity index (χ4n) is 3.95. The van der Waals surface area contributed by atoms with Crippen molar-refractivity contribution in [1.29, 1.82) is 0 Å². The Morgan fingerprint density at radius 1 is 1.26 bits per heavy atom. The second kappa shape index (κ2) is 13.0. The number of urea groups is 1. The topological polar surface area (TPSA) is 110 Å². The van der Waals surface area contributed by atoms with Crippen molar-refractivity contribution in [1.82, 2.24) is 30.1 Å². The average Bonchev–Trinajstić information content (AvgIpc) is 3.20. The fraction of sp³-hybridized carbons (Fsp3) is 0.480. The summed E-state index contributed by atoms with van der Waals surface area (Å²) in [5.74, 6) is 0.0347. The molecule has 2 aromatic rings. The number of hydrogen-bond donors (Lipinski definition) is 3. The lowest BCUT2D eigenvalue weighted by Crippen LogP contribution is -2.37. The third-order valence-corrected chi connectivity index (χ3v) is 6.03. The first kappa shape index (κ1) is 26.4. The van der Waals surface area contributed by atoms with E-state index in [1.54, 1.807) is 0 Å². The van der Waals surface area contributed by atoms with E-state index in [0.29, 0.717) is 18.7 Å². The molecule has 1 fully saturated rings. The van der Waals surface area contributed by atoms with Crippen LogP contribution in [0.2, 0.25) is 0 Å². The van der Waals surface area contributed by atoms with Crippen molar-refractivity contribution in [2.24, 2.45) is 0 Å². The number of morpholine rings is 1. The Morgan fingerprint density at radius 3 is 2.74 bits per heavy atom. The maximum absolute atomic E-state index is 13.2. The number of aryl methyl sites for hydroxylation is 1. The lowest BCUT2D eigenvalue weighted by Gasteiger charge is -2.26. The first-order chi connectivity index (χ1) is 16.9. The van der Waals surface area contributed by atoms with Crippen LogP contribution in [-0.2, 0) is 17.6 Å². The number of hydrogen-bond acceptors (Lipinski definition) is 6. The Hall–Kier alpha value is -3.24. The number of allylic oxidation sites excluding steroid dienone is 5. The van der Waals surface area contributed by atoms with E-state index < -0.39 is 11.9 Å². The van der Waals surface area contributed by atoms with Crippen LogP contribution < -0.4 is 16.4 Å². The van der Waals surface area contributed by atoms with Crippen molar-refractivity contribution < 1.29 is 13.9 Å². The standard InChI is InChI=1S/C25H36FN7O2/c1-4-21(31-25(34)30-19(3)18(2)26)9-6-5-8-20-16-22(33-23(20)24(27)28-17-29-33)10-7-11-32-12-14-35-15-13-32/h4-6,16-17H,7-15H2,1-3H3,(H2,27,28,29)(H2,30,31,34)/b6-5-,19-18-,21-4+. The Labute approximate surface area is 205 Å². The zero-order valence-electron chi connectivity index (χ0n) is 20.8. The summed E-state index contributed by atoms with van der Waals surface area (Å²) in [4.78, 5) is 18.6. The van der Waals surface area contributed by atoms with E-state index in [-0.39, 0.29) is 5.70 Å². The molecule has 2 amide bonds. The van der Waals surface area contributed by atoms with Gasteiger partial charge in [0.25, 0.3) is 0 Å². The van der Waals surface area contributed by atoms with Gasteiger partial charge in [-0.2, -0.15) is 5.10 Å². The van der Waals surface area contributed by atoms with Gasteiger partial charge in [0.1, 0.15) is 17.7 Å². The molecule has 0 aliphatic carbocycles. The number of nitrogen functional groups attached to an aromatic ring is 1. The quantitative estimate of drug-likeness (QED) is 0.445. The molecule has 4 N–H and O–H groups in total. The molecule has 9 nitrogen and oxygen atoms in total. The number of amides is 2. The van der Waals surface area contributed by atoms with E-state index in [9.17, 15) is 9.18 Å². The Balaban J connectivity index is 1.59. The molecule has 0 unspecified atom stereocenters. The summed E-state index contributed by atoms with van der Waals surface area (Å²) in [6.45, 7) is 9.25. The number of aromatic nitrogens is 3. The predicted octanol–water partition coefficient (Wildman–Crippen LogP) is 3.49. The molecule has 0 atom stereocenters. The number of nitrogens with two attached hydrogens (primary N) is 1. The lowest BCUT2D eigenvalue weighted by atomic mass is 10.1. The van der Waals surface area contributed by atoms with Crippen LogP contribution in [0.1, 0.15) is 44.9 Å². The molecule has 3 heterocycles. The maximum Gasteiger partial charge on any atom is 0.323 e. The fourth-order valence-corrected chi connectivity index (χ4v) is 3.95. The van der Waals surface area contributed by atoms with Gasteiger partial charge in [0, 0.05) is 36.6 Å². The van der Waals surface area contributed by atoms with E-state index in [2.05, 4.69) is 31.7 Å². The zero-order valence-corrected chi connectivity index (χ0v) is 20.8. The number of nitrogens with zero attached hydrogens (tertiary/aromatic N) is 4. The highest BCUT2D eigenvalue weighted by atomic mass is 19.1. The molecule has 35 heavy (non-hydrogen) atoms. The average molecular weight is 486 g/mol. The van der Waals surface area contributed by atoms with Crippen molar-refractivity contribution in [3.05, 3.63) is 59.1 Å². The minimum Gasteiger partial charge on any atom is -0.382 e. The minimum atomic E-state index is -0.467. The Kier molecular flexibility index (Phi) is 9.80. The van der Waals surface area contributed by atoms with Gasteiger partial charge in [-0.25, -0.2) is 18.7 Å². The number of ether oxygens (including phenoxy) is 1. The summed E-state index contributed by atoms with van der Waals surface area (Å²) < 4.78 is 20.5. The molecular weight excluding hydrogens is 449 g/mol. The van der Waals surface area contributed by atoms with E-state index >= 15 is 0 Å². The zero-order chi connectivity index (χ0) is 25.2. The third-order valence-electron chi connectivity index (χ3n) is 6.03. The van der Waals surface area contributed by atoms with Gasteiger partial charge in [-0.1, -0.05) is 18.2 Å². The van der Waals surface area contributed by atoms with Crippen LogP contribution in [0.3, 0.4) is 0 Å². The molecule has 1 saturated heterocycles. The first-order valence-electron chi connectivity index (χ1n) is 12.0. The van der Waals surface area contributed by atoms with Crippen molar-refractivity contribution in [3.63, 3.8) is 0 Å². The van der Waals surface area contributed by atoms with Gasteiger partial charge in [0.2, 0.25) is 0 Å². The summed E-state index contributed by atoms with van der Waals surface area (Å²) in [6, 6.07) is 1.69. The van der Waals surface area contributed by atoms with Crippen LogP contribution in [0.5, 0.6) is 0 Å². The Morgan fingerprint density at radius 2 is 2.03 bits per heavy atom. The maximum atomic E-state index is 13.2. The van der Waals surface area contributed by atoms with Crippen LogP contribution in [-0.4, -0.2) is 58.4 Å². The molecule has 2 aromatic heterocycles.